The number of aromatic nitrogens is 2. The molecule has 1 heterocycles. The molecule has 1 aromatic carbocycles. The molecule has 0 aliphatic heterocycles. The highest BCUT2D eigenvalue weighted by Crippen LogP contribution is 2.13. The third kappa shape index (κ3) is 5.63. The van der Waals surface area contributed by atoms with Gasteiger partial charge >= 0.3 is 6.09 Å². The fourth-order valence-electron chi connectivity index (χ4n) is 2.49. The van der Waals surface area contributed by atoms with Crippen LogP contribution in [-0.2, 0) is 27.4 Å². The number of carbonyl (C=O) groups excluding carboxylic acids is 1. The number of benzene rings is 1. The second-order valence-electron chi connectivity index (χ2n) is 6.19. The highest BCUT2D eigenvalue weighted by Gasteiger charge is 2.18. The van der Waals surface area contributed by atoms with Crippen molar-refractivity contribution in [2.45, 2.75) is 39.2 Å². The van der Waals surface area contributed by atoms with Crippen molar-refractivity contribution in [2.75, 3.05) is 19.5 Å². The lowest BCUT2D eigenvalue weighted by Crippen LogP contribution is -2.34. The minimum Gasteiger partial charge on any atom is -0.444 e. The predicted molar refractivity (Wildman–Crippen MR) is 101 cm³/mol. The topological polar surface area (TPSA) is 91.7 Å². The van der Waals surface area contributed by atoms with Gasteiger partial charge in [-0.2, -0.15) is 0 Å². The number of nitrogens with one attached hydrogen (secondary N) is 1. The van der Waals surface area contributed by atoms with Gasteiger partial charge in [0, 0.05) is 20.1 Å². The molecular formula is C19H25N3O5. The van der Waals surface area contributed by atoms with E-state index in [1.165, 1.54) is 25.0 Å². The van der Waals surface area contributed by atoms with Gasteiger partial charge in [-0.05, 0) is 5.56 Å². The Kier molecular flexibility index (Phi) is 7.51. The van der Waals surface area contributed by atoms with Crippen LogP contribution in [0.2, 0.25) is 0 Å². The third-order valence-electron chi connectivity index (χ3n) is 3.90. The van der Waals surface area contributed by atoms with Crippen LogP contribution in [0.25, 0.3) is 0 Å². The number of carbonyl (C=O) groups is 1. The summed E-state index contributed by atoms with van der Waals surface area (Å²) in [6.07, 6.45) is 0.00550. The summed E-state index contributed by atoms with van der Waals surface area (Å²) >= 11 is 0. The molecule has 2 aromatic rings. The van der Waals surface area contributed by atoms with Gasteiger partial charge in [-0.1, -0.05) is 44.2 Å². The molecule has 0 saturated heterocycles. The Morgan fingerprint density at radius 3 is 2.44 bits per heavy atom. The molecule has 1 aromatic heterocycles. The average Bonchev–Trinajstić information content (AvgIpc) is 2.67. The molecule has 1 N–H and O–H groups in total. The molecule has 0 fully saturated rings. The second-order valence-corrected chi connectivity index (χ2v) is 6.19. The van der Waals surface area contributed by atoms with E-state index < -0.39 is 17.9 Å². The molecule has 146 valence electrons. The Balaban J connectivity index is 2.16. The smallest absolute Gasteiger partial charge is 0.412 e. The summed E-state index contributed by atoms with van der Waals surface area (Å²) in [7, 11) is 2.98. The first-order valence-corrected chi connectivity index (χ1v) is 8.59. The lowest BCUT2D eigenvalue weighted by Gasteiger charge is -2.20. The number of amides is 1. The van der Waals surface area contributed by atoms with E-state index in [1.807, 2.05) is 44.2 Å². The van der Waals surface area contributed by atoms with Crippen LogP contribution >= 0.6 is 0 Å². The van der Waals surface area contributed by atoms with Gasteiger partial charge < -0.3 is 14.2 Å². The van der Waals surface area contributed by atoms with Crippen molar-refractivity contribution in [2.24, 2.45) is 0 Å². The molecule has 0 spiro atoms. The van der Waals surface area contributed by atoms with Gasteiger partial charge in [0.25, 0.3) is 5.56 Å². The molecule has 0 aliphatic rings. The molecule has 2 rings (SSSR count). The molecule has 0 unspecified atom stereocenters. The summed E-state index contributed by atoms with van der Waals surface area (Å²) in [4.78, 5) is 29.2. The summed E-state index contributed by atoms with van der Waals surface area (Å²) in [5.41, 5.74) is 0.481. The molecule has 0 aliphatic carbocycles. The minimum absolute atomic E-state index is 0.00569. The van der Waals surface area contributed by atoms with E-state index in [9.17, 15) is 9.59 Å². The highest BCUT2D eigenvalue weighted by atomic mass is 16.7. The highest BCUT2D eigenvalue weighted by molar-refractivity contribution is 5.84. The Bertz CT molecular complexity index is 801. The maximum Gasteiger partial charge on any atom is 0.412 e. The van der Waals surface area contributed by atoms with Gasteiger partial charge in [-0.3, -0.25) is 14.7 Å². The number of anilines is 1. The number of ether oxygens (including phenoxy) is 3. The molecule has 8 heteroatoms. The van der Waals surface area contributed by atoms with E-state index in [-0.39, 0.29) is 24.8 Å². The number of hydrogen-bond donors (Lipinski definition) is 1. The Hall–Kier alpha value is -2.71. The van der Waals surface area contributed by atoms with Gasteiger partial charge in [0.05, 0.1) is 12.7 Å². The minimum atomic E-state index is -0.725. The maximum absolute atomic E-state index is 12.8. The van der Waals surface area contributed by atoms with Crippen molar-refractivity contribution in [3.8, 4) is 0 Å². The quantitative estimate of drug-likeness (QED) is 0.714. The van der Waals surface area contributed by atoms with E-state index in [2.05, 4.69) is 10.3 Å². The molecule has 0 bridgehead atoms. The summed E-state index contributed by atoms with van der Waals surface area (Å²) in [6, 6.07) is 9.27. The number of rotatable bonds is 8. The van der Waals surface area contributed by atoms with Gasteiger partial charge in [0.15, 0.2) is 6.29 Å². The predicted octanol–water partition coefficient (Wildman–Crippen LogP) is 2.73. The molecule has 0 radical (unpaired) electrons. The van der Waals surface area contributed by atoms with Crippen LogP contribution in [0.15, 0.2) is 41.3 Å². The van der Waals surface area contributed by atoms with Crippen LogP contribution in [0.3, 0.4) is 0 Å². The van der Waals surface area contributed by atoms with Crippen LogP contribution in [-0.4, -0.2) is 36.2 Å². The van der Waals surface area contributed by atoms with Crippen molar-refractivity contribution in [3.63, 3.8) is 0 Å². The fraction of sp³-hybridized carbons (Fsp3) is 0.421. The summed E-state index contributed by atoms with van der Waals surface area (Å²) in [6.45, 7) is 4.11. The van der Waals surface area contributed by atoms with E-state index in [0.29, 0.717) is 5.82 Å². The van der Waals surface area contributed by atoms with Crippen molar-refractivity contribution < 1.29 is 19.0 Å². The largest absolute Gasteiger partial charge is 0.444 e. The normalized spacial score (nSPS) is 11.0. The fourth-order valence-corrected chi connectivity index (χ4v) is 2.49. The van der Waals surface area contributed by atoms with E-state index in [1.54, 1.807) is 0 Å². The zero-order valence-electron chi connectivity index (χ0n) is 16.0. The Labute approximate surface area is 158 Å². The van der Waals surface area contributed by atoms with Gasteiger partial charge in [0.1, 0.15) is 18.1 Å². The maximum atomic E-state index is 12.8. The van der Waals surface area contributed by atoms with E-state index in [4.69, 9.17) is 14.2 Å². The van der Waals surface area contributed by atoms with Crippen molar-refractivity contribution in [1.82, 2.24) is 9.55 Å². The lowest BCUT2D eigenvalue weighted by molar-refractivity contribution is -0.111. The van der Waals surface area contributed by atoms with Crippen molar-refractivity contribution in [1.29, 1.82) is 0 Å². The van der Waals surface area contributed by atoms with Crippen molar-refractivity contribution >= 4 is 11.8 Å². The van der Waals surface area contributed by atoms with Crippen LogP contribution in [0.5, 0.6) is 0 Å². The molecule has 8 nitrogen and oxygen atoms in total. The number of methoxy groups -OCH3 is 2. The molecule has 0 atom stereocenters. The molecular weight excluding hydrogens is 350 g/mol. The zero-order chi connectivity index (χ0) is 19.8. The first-order valence-electron chi connectivity index (χ1n) is 8.59. The first-order chi connectivity index (χ1) is 13.0. The van der Waals surface area contributed by atoms with E-state index in [0.717, 1.165) is 5.56 Å². The zero-order valence-corrected chi connectivity index (χ0v) is 16.0. The molecule has 27 heavy (non-hydrogen) atoms. The van der Waals surface area contributed by atoms with Crippen molar-refractivity contribution in [3.05, 3.63) is 58.3 Å². The average molecular weight is 375 g/mol. The molecule has 1 amide bonds. The van der Waals surface area contributed by atoms with Crippen LogP contribution in [0.1, 0.15) is 31.2 Å². The summed E-state index contributed by atoms with van der Waals surface area (Å²) in [5, 5.41) is 2.46. The Morgan fingerprint density at radius 1 is 1.19 bits per heavy atom. The number of hydrogen-bond acceptors (Lipinski definition) is 6. The van der Waals surface area contributed by atoms with Gasteiger partial charge in [0.2, 0.25) is 0 Å². The Morgan fingerprint density at radius 2 is 1.85 bits per heavy atom. The van der Waals surface area contributed by atoms with Crippen LogP contribution in [0.4, 0.5) is 10.5 Å². The lowest BCUT2D eigenvalue weighted by atomic mass is 10.2. The van der Waals surface area contributed by atoms with E-state index >= 15 is 0 Å². The van der Waals surface area contributed by atoms with Gasteiger partial charge in [-0.15, -0.1) is 0 Å². The SMILES string of the molecule is COC(Cn1c(C(C)C)ncc(NC(=O)OCc2ccccc2)c1=O)OC. The van der Waals surface area contributed by atoms with Gasteiger partial charge in [-0.25, -0.2) is 9.78 Å². The first kappa shape index (κ1) is 20.6. The summed E-state index contributed by atoms with van der Waals surface area (Å²) in [5.74, 6) is 0.577. The third-order valence-corrected chi connectivity index (χ3v) is 3.90. The monoisotopic (exact) mass is 375 g/mol. The number of nitrogens with zero attached hydrogens (tertiary/aromatic N) is 2. The summed E-state index contributed by atoms with van der Waals surface area (Å²) < 4.78 is 17.0. The van der Waals surface area contributed by atoms with Crippen LogP contribution in [0, 0.1) is 0 Å². The van der Waals surface area contributed by atoms with Crippen LogP contribution < -0.4 is 10.9 Å². The molecule has 0 saturated carbocycles. The second kappa shape index (κ2) is 9.84. The standard InChI is InChI=1S/C19H25N3O5/c1-13(2)17-20-10-15(18(23)22(17)11-16(25-3)26-4)21-19(24)27-12-14-8-6-5-7-9-14/h5-10,13,16H,11-12H2,1-4H3,(H,21,24).